The summed E-state index contributed by atoms with van der Waals surface area (Å²) in [6.07, 6.45) is 2.32. The van der Waals surface area contributed by atoms with Crippen LogP contribution in [0.25, 0.3) is 6.08 Å². The number of benzene rings is 1. The summed E-state index contributed by atoms with van der Waals surface area (Å²) in [7, 11) is 0. The Hall–Kier alpha value is -2.19. The largest absolute Gasteiger partial charge is 0.478 e. The highest BCUT2D eigenvalue weighted by Crippen LogP contribution is 2.32. The summed E-state index contributed by atoms with van der Waals surface area (Å²) in [5.41, 5.74) is 0.840. The summed E-state index contributed by atoms with van der Waals surface area (Å²) in [6.45, 7) is 1.98. The lowest BCUT2D eigenvalue weighted by molar-refractivity contribution is -0.146. The third-order valence-corrected chi connectivity index (χ3v) is 4.46. The van der Waals surface area contributed by atoms with Gasteiger partial charge in [0.15, 0.2) is 0 Å². The van der Waals surface area contributed by atoms with Gasteiger partial charge in [0.25, 0.3) is 5.91 Å². The quantitative estimate of drug-likeness (QED) is 0.471. The van der Waals surface area contributed by atoms with Gasteiger partial charge in [0.05, 0.1) is 17.1 Å². The van der Waals surface area contributed by atoms with Crippen LogP contribution < -0.4 is 0 Å². The van der Waals surface area contributed by atoms with E-state index in [9.17, 15) is 14.4 Å². The lowest BCUT2D eigenvalue weighted by Crippen LogP contribution is -2.34. The predicted molar refractivity (Wildman–Crippen MR) is 94.5 cm³/mol. The molecule has 2 rings (SSSR count). The van der Waals surface area contributed by atoms with Crippen LogP contribution in [0.4, 0.5) is 0 Å². The molecule has 1 aromatic rings. The van der Waals surface area contributed by atoms with E-state index in [4.69, 9.17) is 22.1 Å². The van der Waals surface area contributed by atoms with Gasteiger partial charge < -0.3 is 9.84 Å². The number of carbonyl (C=O) groups excluding carboxylic acids is 2. The minimum Gasteiger partial charge on any atom is -0.478 e. The summed E-state index contributed by atoms with van der Waals surface area (Å²) in [5.74, 6) is -1.88. The zero-order valence-corrected chi connectivity index (χ0v) is 14.5. The molecule has 1 aliphatic heterocycles. The SMILES string of the molecule is CCCOC(=O)CN1C(=O)C(=Cc2ccc(C(=O)O)cc2)SC1=S. The second-order valence-electron chi connectivity index (χ2n) is 4.92. The van der Waals surface area contributed by atoms with Gasteiger partial charge in [0, 0.05) is 0 Å². The van der Waals surface area contributed by atoms with E-state index in [0.29, 0.717) is 27.8 Å². The first-order valence-corrected chi connectivity index (χ1v) is 8.39. The van der Waals surface area contributed by atoms with Gasteiger partial charge in [-0.3, -0.25) is 14.5 Å². The van der Waals surface area contributed by atoms with Gasteiger partial charge in [-0.05, 0) is 30.2 Å². The molecular weight excluding hydrogens is 350 g/mol. The maximum absolute atomic E-state index is 12.4. The number of ether oxygens (including phenoxy) is 1. The first kappa shape index (κ1) is 18.2. The first-order chi connectivity index (χ1) is 11.4. The van der Waals surface area contributed by atoms with Crippen LogP contribution in [0.15, 0.2) is 29.2 Å². The number of thioether (sulfide) groups is 1. The molecule has 1 aliphatic rings. The lowest BCUT2D eigenvalue weighted by atomic mass is 10.1. The van der Waals surface area contributed by atoms with Crippen molar-refractivity contribution in [2.45, 2.75) is 13.3 Å². The molecule has 126 valence electrons. The van der Waals surface area contributed by atoms with Crippen LogP contribution in [0.3, 0.4) is 0 Å². The Balaban J connectivity index is 2.09. The lowest BCUT2D eigenvalue weighted by Gasteiger charge is -2.13. The number of aromatic carboxylic acids is 1. The minimum absolute atomic E-state index is 0.165. The number of nitrogens with zero attached hydrogens (tertiary/aromatic N) is 1. The van der Waals surface area contributed by atoms with Gasteiger partial charge in [0.2, 0.25) is 0 Å². The summed E-state index contributed by atoms with van der Waals surface area (Å²) in [6, 6.07) is 6.12. The maximum atomic E-state index is 12.4. The number of carboxylic acids is 1. The topological polar surface area (TPSA) is 83.9 Å². The molecule has 24 heavy (non-hydrogen) atoms. The van der Waals surface area contributed by atoms with E-state index in [2.05, 4.69) is 0 Å². The highest BCUT2D eigenvalue weighted by molar-refractivity contribution is 8.26. The van der Waals surface area contributed by atoms with Gasteiger partial charge in [0.1, 0.15) is 10.9 Å². The summed E-state index contributed by atoms with van der Waals surface area (Å²) < 4.78 is 5.26. The van der Waals surface area contributed by atoms with Crippen molar-refractivity contribution in [3.63, 3.8) is 0 Å². The molecule has 0 spiro atoms. The van der Waals surface area contributed by atoms with Crippen LogP contribution in [0.1, 0.15) is 29.3 Å². The van der Waals surface area contributed by atoms with Crippen LogP contribution in [0, 0.1) is 0 Å². The van der Waals surface area contributed by atoms with Gasteiger partial charge in [-0.15, -0.1) is 0 Å². The van der Waals surface area contributed by atoms with Crippen LogP contribution in [0.2, 0.25) is 0 Å². The van der Waals surface area contributed by atoms with Crippen molar-refractivity contribution in [3.8, 4) is 0 Å². The average molecular weight is 365 g/mol. The molecular formula is C16H15NO5S2. The van der Waals surface area contributed by atoms with E-state index < -0.39 is 11.9 Å². The zero-order valence-electron chi connectivity index (χ0n) is 12.9. The molecule has 1 aromatic carbocycles. The molecule has 0 aromatic heterocycles. The molecule has 1 saturated heterocycles. The van der Waals surface area contributed by atoms with Crippen LogP contribution >= 0.6 is 24.0 Å². The molecule has 0 unspecified atom stereocenters. The normalized spacial score (nSPS) is 15.9. The Morgan fingerprint density at radius 2 is 2.00 bits per heavy atom. The standard InChI is InChI=1S/C16H15NO5S2/c1-2-7-22-13(18)9-17-14(19)12(24-16(17)23)8-10-3-5-11(6-4-10)15(20)21/h3-6,8H,2,7,9H2,1H3,(H,20,21). The second-order valence-corrected chi connectivity index (χ2v) is 6.59. The fraction of sp³-hybridized carbons (Fsp3) is 0.250. The van der Waals surface area contributed by atoms with E-state index in [1.165, 1.54) is 17.0 Å². The Bertz CT molecular complexity index is 712. The molecule has 0 aliphatic carbocycles. The van der Waals surface area contributed by atoms with E-state index >= 15 is 0 Å². The molecule has 8 heteroatoms. The number of esters is 1. The van der Waals surface area contributed by atoms with Crippen LogP contribution in [-0.4, -0.2) is 45.3 Å². The second kappa shape index (κ2) is 8.07. The van der Waals surface area contributed by atoms with Gasteiger partial charge in [-0.1, -0.05) is 43.0 Å². The Kier molecular flexibility index (Phi) is 6.10. The molecule has 0 radical (unpaired) electrons. The molecule has 0 atom stereocenters. The number of hydrogen-bond acceptors (Lipinski definition) is 6. The van der Waals surface area contributed by atoms with Crippen molar-refractivity contribution in [3.05, 3.63) is 40.3 Å². The fourth-order valence-corrected chi connectivity index (χ4v) is 3.16. The van der Waals surface area contributed by atoms with Gasteiger partial charge >= 0.3 is 11.9 Å². The van der Waals surface area contributed by atoms with Crippen LogP contribution in [0.5, 0.6) is 0 Å². The number of rotatable bonds is 6. The zero-order chi connectivity index (χ0) is 17.7. The molecule has 6 nitrogen and oxygen atoms in total. The van der Waals surface area contributed by atoms with Crippen molar-refractivity contribution in [1.29, 1.82) is 0 Å². The Morgan fingerprint density at radius 1 is 1.33 bits per heavy atom. The number of thiocarbonyl (C=S) groups is 1. The molecule has 1 N–H and O–H groups in total. The highest BCUT2D eigenvalue weighted by Gasteiger charge is 2.33. The van der Waals surface area contributed by atoms with Crippen molar-refractivity contribution in [2.24, 2.45) is 0 Å². The summed E-state index contributed by atoms with van der Waals surface area (Å²) in [5, 5.41) is 8.88. The van der Waals surface area contributed by atoms with Crippen molar-refractivity contribution in [2.75, 3.05) is 13.2 Å². The van der Waals surface area contributed by atoms with Crippen LogP contribution in [-0.2, 0) is 14.3 Å². The van der Waals surface area contributed by atoms with E-state index in [0.717, 1.165) is 11.8 Å². The number of hydrogen-bond donors (Lipinski definition) is 1. The van der Waals surface area contributed by atoms with E-state index in [-0.39, 0.29) is 18.0 Å². The van der Waals surface area contributed by atoms with Crippen molar-refractivity contribution < 1.29 is 24.2 Å². The fourth-order valence-electron chi connectivity index (χ4n) is 1.90. The average Bonchev–Trinajstić information content (AvgIpc) is 2.81. The monoisotopic (exact) mass is 365 g/mol. The third-order valence-electron chi connectivity index (χ3n) is 3.08. The van der Waals surface area contributed by atoms with Crippen molar-refractivity contribution >= 4 is 52.2 Å². The predicted octanol–water partition coefficient (Wildman–Crippen LogP) is 2.54. The third kappa shape index (κ3) is 4.42. The Morgan fingerprint density at radius 3 is 2.58 bits per heavy atom. The van der Waals surface area contributed by atoms with Crippen molar-refractivity contribution in [1.82, 2.24) is 4.90 Å². The highest BCUT2D eigenvalue weighted by atomic mass is 32.2. The summed E-state index contributed by atoms with van der Waals surface area (Å²) >= 11 is 6.24. The molecule has 0 bridgehead atoms. The number of carboxylic acid groups (broad SMARTS) is 1. The molecule has 1 heterocycles. The molecule has 1 fully saturated rings. The maximum Gasteiger partial charge on any atom is 0.335 e. The first-order valence-electron chi connectivity index (χ1n) is 7.16. The Labute approximate surface area is 148 Å². The minimum atomic E-state index is -1.02. The smallest absolute Gasteiger partial charge is 0.335 e. The van der Waals surface area contributed by atoms with Gasteiger partial charge in [-0.2, -0.15) is 0 Å². The number of carbonyl (C=O) groups is 3. The molecule has 0 saturated carbocycles. The van der Waals surface area contributed by atoms with E-state index in [1.54, 1.807) is 18.2 Å². The van der Waals surface area contributed by atoms with E-state index in [1.807, 2.05) is 6.92 Å². The summed E-state index contributed by atoms with van der Waals surface area (Å²) in [4.78, 5) is 36.4. The molecule has 1 amide bonds. The van der Waals surface area contributed by atoms with Gasteiger partial charge in [-0.25, -0.2) is 4.79 Å². The number of amides is 1.